The molecule has 0 radical (unpaired) electrons. The third-order valence-electron chi connectivity index (χ3n) is 3.10. The van der Waals surface area contributed by atoms with Gasteiger partial charge in [0.05, 0.1) is 16.1 Å². The van der Waals surface area contributed by atoms with Crippen molar-refractivity contribution in [1.29, 1.82) is 0 Å². The van der Waals surface area contributed by atoms with E-state index in [4.69, 9.17) is 14.2 Å². The first-order valence-corrected chi connectivity index (χ1v) is 8.89. The van der Waals surface area contributed by atoms with E-state index >= 15 is 0 Å². The highest BCUT2D eigenvalue weighted by Crippen LogP contribution is 2.24. The van der Waals surface area contributed by atoms with Gasteiger partial charge in [-0.15, -0.1) is 0 Å². The molecule has 6 heteroatoms. The standard InChI is InChI=1S/C16H26Br2O4/c1-6-21-16(19)13(4)8-11(2)7-12(3)14(9-15(17)18)22-10-20-5/h8-9,11-12,14H,6-7,10H2,1-5H3/b13-8+/t11-,12-,14+/m0/s1. The zero-order valence-corrected chi connectivity index (χ0v) is 17.1. The van der Waals surface area contributed by atoms with Crippen LogP contribution in [0.4, 0.5) is 0 Å². The summed E-state index contributed by atoms with van der Waals surface area (Å²) in [5.74, 6) is 0.259. The van der Waals surface area contributed by atoms with Gasteiger partial charge in [-0.05, 0) is 70.0 Å². The van der Waals surface area contributed by atoms with E-state index in [0.29, 0.717) is 12.2 Å². The normalized spacial score (nSPS) is 15.9. The quantitative estimate of drug-likeness (QED) is 0.278. The Morgan fingerprint density at radius 1 is 1.23 bits per heavy atom. The molecule has 0 bridgehead atoms. The van der Waals surface area contributed by atoms with Gasteiger partial charge in [-0.2, -0.15) is 0 Å². The van der Waals surface area contributed by atoms with Gasteiger partial charge in [0, 0.05) is 12.7 Å². The molecule has 22 heavy (non-hydrogen) atoms. The average Bonchev–Trinajstić information content (AvgIpc) is 2.42. The third kappa shape index (κ3) is 9.77. The van der Waals surface area contributed by atoms with Crippen LogP contribution in [0.1, 0.15) is 34.1 Å². The Morgan fingerprint density at radius 2 is 1.86 bits per heavy atom. The van der Waals surface area contributed by atoms with Crippen molar-refractivity contribution in [2.45, 2.75) is 40.2 Å². The zero-order chi connectivity index (χ0) is 17.1. The van der Waals surface area contributed by atoms with Gasteiger partial charge in [0.2, 0.25) is 0 Å². The van der Waals surface area contributed by atoms with Crippen molar-refractivity contribution in [3.63, 3.8) is 0 Å². The molecule has 4 nitrogen and oxygen atoms in total. The van der Waals surface area contributed by atoms with E-state index in [9.17, 15) is 4.79 Å². The van der Waals surface area contributed by atoms with Gasteiger partial charge in [0.15, 0.2) is 0 Å². The summed E-state index contributed by atoms with van der Waals surface area (Å²) < 4.78 is 16.5. The fourth-order valence-electron chi connectivity index (χ4n) is 2.18. The zero-order valence-electron chi connectivity index (χ0n) is 13.9. The number of allylic oxidation sites excluding steroid dienone is 1. The molecule has 0 aliphatic rings. The first kappa shape index (κ1) is 21.8. The lowest BCUT2D eigenvalue weighted by molar-refractivity contribution is -0.138. The number of carbonyl (C=O) groups is 1. The van der Waals surface area contributed by atoms with Crippen LogP contribution in [-0.2, 0) is 19.0 Å². The second kappa shape index (κ2) is 12.3. The molecule has 0 fully saturated rings. The number of ether oxygens (including phenoxy) is 3. The minimum atomic E-state index is -0.253. The summed E-state index contributed by atoms with van der Waals surface area (Å²) in [6, 6.07) is 0. The maximum absolute atomic E-state index is 11.6. The smallest absolute Gasteiger partial charge is 0.333 e. The highest BCUT2D eigenvalue weighted by atomic mass is 79.9. The minimum Gasteiger partial charge on any atom is -0.463 e. The van der Waals surface area contributed by atoms with Crippen molar-refractivity contribution in [3.8, 4) is 0 Å². The molecule has 0 aliphatic carbocycles. The number of carbonyl (C=O) groups excluding carboxylic acids is 1. The Kier molecular flexibility index (Phi) is 12.2. The van der Waals surface area contributed by atoms with Gasteiger partial charge in [0.1, 0.15) is 6.79 Å². The van der Waals surface area contributed by atoms with E-state index in [1.54, 1.807) is 21.0 Å². The van der Waals surface area contributed by atoms with E-state index in [2.05, 4.69) is 45.7 Å². The fraction of sp³-hybridized carbons (Fsp3) is 0.688. The summed E-state index contributed by atoms with van der Waals surface area (Å²) in [6.07, 6.45) is 4.72. The lowest BCUT2D eigenvalue weighted by Crippen LogP contribution is -2.22. The SMILES string of the molecule is CCOC(=O)/C(C)=C/[C@@H](C)C[C@H](C)[C@@H](C=C(Br)Br)OCOC. The second-order valence-corrected chi connectivity index (χ2v) is 8.03. The first-order chi connectivity index (χ1) is 10.3. The molecular weight excluding hydrogens is 416 g/mol. The van der Waals surface area contributed by atoms with Crippen molar-refractivity contribution in [1.82, 2.24) is 0 Å². The average molecular weight is 442 g/mol. The molecule has 0 amide bonds. The second-order valence-electron chi connectivity index (χ2n) is 5.25. The van der Waals surface area contributed by atoms with Gasteiger partial charge in [0.25, 0.3) is 0 Å². The monoisotopic (exact) mass is 440 g/mol. The number of halogens is 2. The molecule has 0 heterocycles. The minimum absolute atomic E-state index is 0.0764. The van der Waals surface area contributed by atoms with E-state index in [0.717, 1.165) is 9.81 Å². The molecule has 0 aliphatic heterocycles. The summed E-state index contributed by atoms with van der Waals surface area (Å²) in [6.45, 7) is 8.42. The first-order valence-electron chi connectivity index (χ1n) is 7.30. The molecule has 0 saturated heterocycles. The Labute approximate surface area is 150 Å². The van der Waals surface area contributed by atoms with Crippen molar-refractivity contribution < 1.29 is 19.0 Å². The van der Waals surface area contributed by atoms with Gasteiger partial charge >= 0.3 is 5.97 Å². The molecule has 0 aromatic heterocycles. The highest BCUT2D eigenvalue weighted by Gasteiger charge is 2.19. The van der Waals surface area contributed by atoms with Crippen LogP contribution in [0.3, 0.4) is 0 Å². The van der Waals surface area contributed by atoms with E-state index in [1.165, 1.54) is 0 Å². The lowest BCUT2D eigenvalue weighted by atomic mass is 9.91. The van der Waals surface area contributed by atoms with Crippen molar-refractivity contribution in [3.05, 3.63) is 21.1 Å². The number of rotatable bonds is 10. The molecule has 0 spiro atoms. The molecule has 0 rings (SSSR count). The molecule has 0 saturated carbocycles. The Bertz CT molecular complexity index is 390. The summed E-state index contributed by atoms with van der Waals surface area (Å²) in [7, 11) is 1.60. The van der Waals surface area contributed by atoms with Gasteiger partial charge < -0.3 is 14.2 Å². The summed E-state index contributed by atoms with van der Waals surface area (Å²) in [5, 5.41) is 0. The molecule has 128 valence electrons. The van der Waals surface area contributed by atoms with Crippen molar-refractivity contribution in [2.75, 3.05) is 20.5 Å². The number of esters is 1. The topological polar surface area (TPSA) is 44.8 Å². The van der Waals surface area contributed by atoms with Crippen LogP contribution < -0.4 is 0 Å². The van der Waals surface area contributed by atoms with Crippen LogP contribution >= 0.6 is 31.9 Å². The van der Waals surface area contributed by atoms with Crippen LogP contribution in [-0.4, -0.2) is 32.6 Å². The molecule has 0 N–H and O–H groups in total. The predicted octanol–water partition coefficient (Wildman–Crippen LogP) is 4.78. The largest absolute Gasteiger partial charge is 0.463 e. The fourth-order valence-corrected chi connectivity index (χ4v) is 2.70. The molecular formula is C16H26Br2O4. The summed E-state index contributed by atoms with van der Waals surface area (Å²) in [4.78, 5) is 11.6. The van der Waals surface area contributed by atoms with Gasteiger partial charge in [-0.25, -0.2) is 4.79 Å². The van der Waals surface area contributed by atoms with Crippen molar-refractivity contribution >= 4 is 37.8 Å². The predicted molar refractivity (Wildman–Crippen MR) is 96.0 cm³/mol. The number of methoxy groups -OCH3 is 1. The Morgan fingerprint density at radius 3 is 2.36 bits per heavy atom. The van der Waals surface area contributed by atoms with E-state index in [-0.39, 0.29) is 30.7 Å². The molecule has 0 unspecified atom stereocenters. The van der Waals surface area contributed by atoms with Crippen LogP contribution in [0, 0.1) is 11.8 Å². The van der Waals surface area contributed by atoms with E-state index in [1.807, 2.05) is 12.2 Å². The van der Waals surface area contributed by atoms with Gasteiger partial charge in [-0.3, -0.25) is 0 Å². The molecule has 0 aromatic rings. The number of hydrogen-bond donors (Lipinski definition) is 0. The summed E-state index contributed by atoms with van der Waals surface area (Å²) >= 11 is 6.72. The maximum Gasteiger partial charge on any atom is 0.333 e. The number of hydrogen-bond acceptors (Lipinski definition) is 4. The molecule has 0 aromatic carbocycles. The molecule has 3 atom stereocenters. The summed E-state index contributed by atoms with van der Waals surface area (Å²) in [5.41, 5.74) is 0.646. The van der Waals surface area contributed by atoms with Crippen molar-refractivity contribution in [2.24, 2.45) is 11.8 Å². The Hall–Kier alpha value is -0.170. The lowest BCUT2D eigenvalue weighted by Gasteiger charge is -2.23. The van der Waals surface area contributed by atoms with Crippen LogP contribution in [0.5, 0.6) is 0 Å². The van der Waals surface area contributed by atoms with Gasteiger partial charge in [-0.1, -0.05) is 19.9 Å². The highest BCUT2D eigenvalue weighted by molar-refractivity contribution is 9.28. The third-order valence-corrected chi connectivity index (χ3v) is 3.63. The maximum atomic E-state index is 11.6. The Balaban J connectivity index is 4.69. The van der Waals surface area contributed by atoms with Crippen LogP contribution in [0.2, 0.25) is 0 Å². The van der Waals surface area contributed by atoms with Crippen LogP contribution in [0.25, 0.3) is 0 Å². The van der Waals surface area contributed by atoms with E-state index < -0.39 is 0 Å². The van der Waals surface area contributed by atoms with Crippen LogP contribution in [0.15, 0.2) is 21.1 Å².